The number of aromatic amines is 2. The average Bonchev–Trinajstić information content (AvgIpc) is 2.22. The van der Waals surface area contributed by atoms with Crippen molar-refractivity contribution >= 4 is 18.2 Å². The average molecular weight is 262 g/mol. The van der Waals surface area contributed by atoms with E-state index in [1.807, 2.05) is 11.8 Å². The van der Waals surface area contributed by atoms with E-state index in [1.54, 1.807) is 0 Å². The second-order valence-corrected chi connectivity index (χ2v) is 4.04. The fourth-order valence-corrected chi connectivity index (χ4v) is 2.15. The zero-order valence-electron chi connectivity index (χ0n) is 9.52. The normalized spacial score (nSPS) is 18.5. The van der Waals surface area contributed by atoms with Gasteiger partial charge >= 0.3 is 5.69 Å². The van der Waals surface area contributed by atoms with E-state index in [0.717, 1.165) is 6.42 Å². The van der Waals surface area contributed by atoms with Gasteiger partial charge in [0.25, 0.3) is 5.56 Å². The molecule has 0 aromatic carbocycles. The second kappa shape index (κ2) is 5.37. The minimum absolute atomic E-state index is 0. The Morgan fingerprint density at radius 1 is 1.41 bits per heavy atom. The van der Waals surface area contributed by atoms with Crippen molar-refractivity contribution in [1.82, 2.24) is 9.97 Å². The number of aliphatic hydroxyl groups excluding tert-OH is 1. The molecule has 0 fully saturated rings. The van der Waals surface area contributed by atoms with E-state index in [4.69, 9.17) is 5.11 Å². The Kier molecular flexibility index (Phi) is 4.36. The van der Waals surface area contributed by atoms with Gasteiger partial charge in [-0.15, -0.1) is 12.4 Å². The highest BCUT2D eigenvalue weighted by atomic mass is 35.5. The summed E-state index contributed by atoms with van der Waals surface area (Å²) in [7, 11) is 0. The van der Waals surface area contributed by atoms with Crippen LogP contribution in [0.3, 0.4) is 0 Å². The number of anilines is 1. The maximum absolute atomic E-state index is 11.6. The molecule has 0 bridgehead atoms. The summed E-state index contributed by atoms with van der Waals surface area (Å²) in [4.78, 5) is 29.5. The standard InChI is InChI=1S/C10H15N3O3.ClH/c1-6-2-3-7-8(13(6)4-5-14)11-10(16)12-9(7)15;/h6,14H,2-5H2,1H3,(H2,11,12,15,16);1H. The van der Waals surface area contributed by atoms with Crippen LogP contribution in [0, 0.1) is 0 Å². The quantitative estimate of drug-likeness (QED) is 0.677. The Morgan fingerprint density at radius 3 is 2.76 bits per heavy atom. The molecule has 0 saturated heterocycles. The van der Waals surface area contributed by atoms with Crippen LogP contribution in [-0.4, -0.2) is 34.3 Å². The predicted octanol–water partition coefficient (Wildman–Crippen LogP) is -0.382. The molecule has 1 aliphatic rings. The van der Waals surface area contributed by atoms with Crippen LogP contribution in [0.5, 0.6) is 0 Å². The fourth-order valence-electron chi connectivity index (χ4n) is 2.15. The monoisotopic (exact) mass is 261 g/mol. The number of nitrogens with zero attached hydrogens (tertiary/aromatic N) is 1. The molecule has 1 atom stereocenters. The first-order valence-corrected chi connectivity index (χ1v) is 5.36. The van der Waals surface area contributed by atoms with E-state index in [1.165, 1.54) is 0 Å². The van der Waals surface area contributed by atoms with Crippen LogP contribution < -0.4 is 16.1 Å². The molecular formula is C10H16ClN3O3. The molecule has 2 rings (SSSR count). The summed E-state index contributed by atoms with van der Waals surface area (Å²) in [5.74, 6) is 0.557. The largest absolute Gasteiger partial charge is 0.395 e. The van der Waals surface area contributed by atoms with Gasteiger partial charge in [0.2, 0.25) is 0 Å². The van der Waals surface area contributed by atoms with Crippen molar-refractivity contribution in [3.05, 3.63) is 26.4 Å². The summed E-state index contributed by atoms with van der Waals surface area (Å²) in [5.41, 5.74) is -0.222. The number of halogens is 1. The molecule has 17 heavy (non-hydrogen) atoms. The van der Waals surface area contributed by atoms with Crippen molar-refractivity contribution in [2.75, 3.05) is 18.1 Å². The molecule has 7 heteroatoms. The van der Waals surface area contributed by atoms with Crippen LogP contribution in [0.25, 0.3) is 0 Å². The van der Waals surface area contributed by atoms with Crippen molar-refractivity contribution in [2.24, 2.45) is 0 Å². The molecule has 0 radical (unpaired) electrons. The summed E-state index contributed by atoms with van der Waals surface area (Å²) in [6.07, 6.45) is 1.51. The molecule has 1 aromatic heterocycles. The number of hydrogen-bond acceptors (Lipinski definition) is 4. The van der Waals surface area contributed by atoms with E-state index >= 15 is 0 Å². The van der Waals surface area contributed by atoms with Crippen LogP contribution in [0.15, 0.2) is 9.59 Å². The highest BCUT2D eigenvalue weighted by molar-refractivity contribution is 5.85. The summed E-state index contributed by atoms with van der Waals surface area (Å²) < 4.78 is 0. The molecule has 96 valence electrons. The Bertz CT molecular complexity index is 496. The van der Waals surface area contributed by atoms with Gasteiger partial charge in [0.05, 0.1) is 12.2 Å². The molecule has 3 N–H and O–H groups in total. The molecule has 0 amide bonds. The number of nitrogens with one attached hydrogen (secondary N) is 2. The molecular weight excluding hydrogens is 246 g/mol. The first kappa shape index (κ1) is 13.8. The van der Waals surface area contributed by atoms with Crippen LogP contribution in [0.2, 0.25) is 0 Å². The number of rotatable bonds is 2. The summed E-state index contributed by atoms with van der Waals surface area (Å²) in [5, 5.41) is 8.98. The maximum Gasteiger partial charge on any atom is 0.327 e. The van der Waals surface area contributed by atoms with Crippen molar-refractivity contribution in [3.8, 4) is 0 Å². The van der Waals surface area contributed by atoms with E-state index in [2.05, 4.69) is 9.97 Å². The lowest BCUT2D eigenvalue weighted by Gasteiger charge is -2.35. The third-order valence-electron chi connectivity index (χ3n) is 2.99. The Labute approximate surface area is 104 Å². The highest BCUT2D eigenvalue weighted by Gasteiger charge is 2.25. The minimum atomic E-state index is -0.499. The highest BCUT2D eigenvalue weighted by Crippen LogP contribution is 2.24. The van der Waals surface area contributed by atoms with Gasteiger partial charge in [0.1, 0.15) is 5.82 Å². The molecule has 1 aromatic rings. The molecule has 0 saturated carbocycles. The molecule has 1 aliphatic heterocycles. The van der Waals surface area contributed by atoms with Crippen LogP contribution in [0.1, 0.15) is 18.9 Å². The minimum Gasteiger partial charge on any atom is -0.395 e. The van der Waals surface area contributed by atoms with Crippen molar-refractivity contribution < 1.29 is 5.11 Å². The number of β-amino-alcohol motifs (C(OH)–C–C–N with tert-alkyl or cyclic N) is 1. The van der Waals surface area contributed by atoms with E-state index in [-0.39, 0.29) is 30.6 Å². The first-order valence-electron chi connectivity index (χ1n) is 5.36. The van der Waals surface area contributed by atoms with E-state index in [9.17, 15) is 9.59 Å². The molecule has 6 nitrogen and oxygen atoms in total. The first-order chi connectivity index (χ1) is 7.63. The van der Waals surface area contributed by atoms with Crippen LogP contribution in [0.4, 0.5) is 5.82 Å². The van der Waals surface area contributed by atoms with Gasteiger partial charge in [0, 0.05) is 12.6 Å². The van der Waals surface area contributed by atoms with Gasteiger partial charge in [-0.05, 0) is 19.8 Å². The summed E-state index contributed by atoms with van der Waals surface area (Å²) in [6, 6.07) is 0.220. The Morgan fingerprint density at radius 2 is 2.12 bits per heavy atom. The smallest absolute Gasteiger partial charge is 0.327 e. The number of aliphatic hydroxyl groups is 1. The summed E-state index contributed by atoms with van der Waals surface area (Å²) in [6.45, 7) is 2.43. The Hall–Kier alpha value is -1.27. The lowest BCUT2D eigenvalue weighted by atomic mass is 10.0. The number of H-pyrrole nitrogens is 2. The second-order valence-electron chi connectivity index (χ2n) is 4.04. The van der Waals surface area contributed by atoms with Crippen LogP contribution in [-0.2, 0) is 6.42 Å². The molecule has 0 spiro atoms. The lowest BCUT2D eigenvalue weighted by Crippen LogP contribution is -2.44. The predicted molar refractivity (Wildman–Crippen MR) is 67.1 cm³/mol. The Balaban J connectivity index is 0.00000144. The third kappa shape index (κ3) is 2.53. The van der Waals surface area contributed by atoms with Crippen molar-refractivity contribution in [2.45, 2.75) is 25.8 Å². The summed E-state index contributed by atoms with van der Waals surface area (Å²) >= 11 is 0. The van der Waals surface area contributed by atoms with E-state index in [0.29, 0.717) is 24.3 Å². The molecule has 1 unspecified atom stereocenters. The van der Waals surface area contributed by atoms with Crippen molar-refractivity contribution in [3.63, 3.8) is 0 Å². The fraction of sp³-hybridized carbons (Fsp3) is 0.600. The van der Waals surface area contributed by atoms with Gasteiger partial charge < -0.3 is 10.0 Å². The SMILES string of the molecule is CC1CCc2c([nH]c(=O)[nH]c2=O)N1CCO.Cl. The zero-order chi connectivity index (χ0) is 11.7. The van der Waals surface area contributed by atoms with Gasteiger partial charge in [-0.25, -0.2) is 4.79 Å². The maximum atomic E-state index is 11.6. The number of hydrogen-bond donors (Lipinski definition) is 3. The van der Waals surface area contributed by atoms with Crippen molar-refractivity contribution in [1.29, 1.82) is 0 Å². The number of fused-ring (bicyclic) bond motifs is 1. The zero-order valence-corrected chi connectivity index (χ0v) is 10.3. The molecule has 2 heterocycles. The van der Waals surface area contributed by atoms with Gasteiger partial charge in [-0.1, -0.05) is 0 Å². The lowest BCUT2D eigenvalue weighted by molar-refractivity contribution is 0.295. The van der Waals surface area contributed by atoms with Crippen LogP contribution >= 0.6 is 12.4 Å². The van der Waals surface area contributed by atoms with Gasteiger partial charge in [-0.3, -0.25) is 14.8 Å². The molecule has 0 aliphatic carbocycles. The van der Waals surface area contributed by atoms with E-state index < -0.39 is 5.69 Å². The number of aromatic nitrogens is 2. The third-order valence-corrected chi connectivity index (χ3v) is 2.99. The topological polar surface area (TPSA) is 89.2 Å². The van der Waals surface area contributed by atoms with Gasteiger partial charge in [0.15, 0.2) is 0 Å². The van der Waals surface area contributed by atoms with Gasteiger partial charge in [-0.2, -0.15) is 0 Å².